The molecule has 3 heterocycles. The van der Waals surface area contributed by atoms with E-state index in [1.165, 1.54) is 55.6 Å². The lowest BCUT2D eigenvalue weighted by Gasteiger charge is -2.28. The monoisotopic (exact) mass is 1470 g/mol. The minimum Gasteiger partial charge on any atom is -0.481 e. The summed E-state index contributed by atoms with van der Waals surface area (Å²) in [6.07, 6.45) is 0.751. The van der Waals surface area contributed by atoms with E-state index in [0.29, 0.717) is 44.9 Å². The quantitative estimate of drug-likeness (QED) is 0.0145. The molecule has 0 saturated heterocycles. The molecular formula is C64H67N19O15S4. The number of carboxylic acid groups (broad SMARTS) is 1. The molecule has 1 aliphatic carbocycles. The second-order valence-corrected chi connectivity index (χ2v) is 29.3. The molecule has 1 aliphatic heterocycles. The van der Waals surface area contributed by atoms with Crippen molar-refractivity contribution in [1.82, 2.24) is 39.3 Å². The van der Waals surface area contributed by atoms with E-state index in [2.05, 4.69) is 76.6 Å². The number of benzene rings is 7. The summed E-state index contributed by atoms with van der Waals surface area (Å²) in [6, 6.07) is 26.1. The number of anilines is 12. The summed E-state index contributed by atoms with van der Waals surface area (Å²) in [6.45, 7) is 9.52. The third-order valence-corrected chi connectivity index (χ3v) is 20.1. The van der Waals surface area contributed by atoms with Gasteiger partial charge in [0.1, 0.15) is 33.3 Å². The van der Waals surface area contributed by atoms with Crippen LogP contribution in [0.5, 0.6) is 0 Å². The summed E-state index contributed by atoms with van der Waals surface area (Å²) in [5, 5.41) is 28.9. The highest BCUT2D eigenvalue weighted by Gasteiger charge is 2.32. The van der Waals surface area contributed by atoms with Gasteiger partial charge >= 0.3 is 18.0 Å². The van der Waals surface area contributed by atoms with Gasteiger partial charge < -0.3 is 58.2 Å². The molecule has 0 spiro atoms. The maximum absolute atomic E-state index is 15.4. The molecule has 16 N–H and O–H groups in total. The first-order valence-corrected chi connectivity index (χ1v) is 36.5. The fraction of sp³-hybridized carbons (Fsp3) is 0.188. The number of fused-ring (bicyclic) bond motifs is 2. The van der Waals surface area contributed by atoms with Crippen molar-refractivity contribution in [2.45, 2.75) is 62.6 Å². The lowest BCUT2D eigenvalue weighted by Crippen LogP contribution is -2.34. The van der Waals surface area contributed by atoms with Crippen molar-refractivity contribution in [2.75, 3.05) is 86.1 Å². The zero-order valence-electron chi connectivity index (χ0n) is 55.2. The Balaban J connectivity index is 1.23. The van der Waals surface area contributed by atoms with Crippen molar-refractivity contribution >= 4 is 145 Å². The predicted molar refractivity (Wildman–Crippen MR) is 384 cm³/mol. The van der Waals surface area contributed by atoms with E-state index in [4.69, 9.17) is 26.0 Å². The Morgan fingerprint density at radius 3 is 1.88 bits per heavy atom. The van der Waals surface area contributed by atoms with E-state index in [9.17, 15) is 48.7 Å². The molecule has 0 fully saturated rings. The lowest BCUT2D eigenvalue weighted by atomic mass is 9.93. The van der Waals surface area contributed by atoms with Gasteiger partial charge in [-0.1, -0.05) is 54.6 Å². The number of nitrogens with one attached hydrogen (secondary N) is 9. The molecule has 34 nitrogen and oxygen atoms in total. The van der Waals surface area contributed by atoms with Crippen LogP contribution in [0.15, 0.2) is 146 Å². The van der Waals surface area contributed by atoms with Gasteiger partial charge in [0.2, 0.25) is 49.8 Å². The number of nitrogen functional groups attached to an aromatic ring is 2. The number of nitrogens with two attached hydrogens (primary N) is 2. The molecule has 0 radical (unpaired) electrons. The first kappa shape index (κ1) is 73.2. The third-order valence-electron chi connectivity index (χ3n) is 15.6. The molecule has 6 aromatic carbocycles. The number of aromatic nitrogens is 6. The second kappa shape index (κ2) is 29.7. The van der Waals surface area contributed by atoms with Gasteiger partial charge in [-0.2, -0.15) is 36.8 Å². The minimum atomic E-state index is -5.19. The number of amides is 4. The molecule has 38 heteroatoms. The van der Waals surface area contributed by atoms with Crippen LogP contribution in [0.4, 0.5) is 84.8 Å². The molecule has 0 atom stereocenters. The summed E-state index contributed by atoms with van der Waals surface area (Å²) in [5.41, 5.74) is 16.0. The van der Waals surface area contributed by atoms with Crippen LogP contribution in [0.25, 0.3) is 33.4 Å². The van der Waals surface area contributed by atoms with E-state index in [1.54, 1.807) is 84.0 Å². The molecule has 0 bridgehead atoms. The summed E-state index contributed by atoms with van der Waals surface area (Å²) in [4.78, 5) is 67.8. The Morgan fingerprint density at radius 2 is 1.23 bits per heavy atom. The van der Waals surface area contributed by atoms with Crippen molar-refractivity contribution in [3.63, 3.8) is 0 Å². The maximum Gasteiger partial charge on any atom is 0.323 e. The molecule has 532 valence electrons. The van der Waals surface area contributed by atoms with Gasteiger partial charge in [-0.05, 0) is 131 Å². The van der Waals surface area contributed by atoms with Crippen LogP contribution in [-0.2, 0) is 45.1 Å². The van der Waals surface area contributed by atoms with Gasteiger partial charge in [0.15, 0.2) is 0 Å². The number of urea groups is 2. The minimum absolute atomic E-state index is 0.00994. The zero-order valence-corrected chi connectivity index (χ0v) is 58.5. The second-order valence-electron chi connectivity index (χ2n) is 22.9. The Bertz CT molecular complexity index is 5520. The van der Waals surface area contributed by atoms with E-state index in [-0.39, 0.29) is 122 Å². The van der Waals surface area contributed by atoms with Crippen LogP contribution in [0.3, 0.4) is 0 Å². The number of aryl methyl sites for hydroxylation is 4. The fourth-order valence-electron chi connectivity index (χ4n) is 11.1. The van der Waals surface area contributed by atoms with Crippen molar-refractivity contribution in [3.05, 3.63) is 160 Å². The van der Waals surface area contributed by atoms with Gasteiger partial charge in [-0.25, -0.2) is 50.8 Å². The summed E-state index contributed by atoms with van der Waals surface area (Å²) in [7, 11) is -17.9. The van der Waals surface area contributed by atoms with Crippen LogP contribution >= 0.6 is 0 Å². The molecule has 4 amide bonds. The number of hydrogen-bond acceptors (Lipinski definition) is 25. The molecule has 8 aromatic rings. The molecule has 102 heavy (non-hydrogen) atoms. The smallest absolute Gasteiger partial charge is 0.323 e. The highest BCUT2D eigenvalue weighted by molar-refractivity contribution is 7.89. The van der Waals surface area contributed by atoms with Crippen molar-refractivity contribution < 1.29 is 66.7 Å². The third kappa shape index (κ3) is 17.0. The number of sulfonamides is 2. The van der Waals surface area contributed by atoms with Crippen LogP contribution in [-0.4, -0.2) is 128 Å². The van der Waals surface area contributed by atoms with Crippen molar-refractivity contribution in [3.8, 4) is 22.5 Å². The van der Waals surface area contributed by atoms with Crippen molar-refractivity contribution in [2.24, 2.45) is 4.99 Å². The Labute approximate surface area is 583 Å². The van der Waals surface area contributed by atoms with Crippen LogP contribution in [0.1, 0.15) is 39.8 Å². The average molecular weight is 1470 g/mol. The largest absolute Gasteiger partial charge is 0.481 e. The first-order chi connectivity index (χ1) is 48.2. The van der Waals surface area contributed by atoms with Crippen LogP contribution in [0, 0.1) is 41.5 Å². The van der Waals surface area contributed by atoms with Crippen LogP contribution in [0.2, 0.25) is 0 Å². The van der Waals surface area contributed by atoms with Crippen molar-refractivity contribution in [1.29, 1.82) is 0 Å². The maximum atomic E-state index is 15.4. The Morgan fingerprint density at radius 1 is 0.598 bits per heavy atom. The number of aliphatic carboxylic acids is 1. The molecule has 2 aromatic heterocycles. The SMILES string of the molecule is CNS(=O)(=O)CN(c1ncnc(N)n1)c1cc2c(-c3ccccc3S(=O)(=O)O)c3cc(S(=O)(=O)NCCNc4nc(N)nc(NCCC(=O)O)n4)/c(=N\c4c(C)cc(C)c(NC(=O)Nc5cccc(S(=O)(=O)O)c5)c4C)cc-3oc2cc1Nc1c(C)cc(C)c(NC(=O)Nc2ccccc2)c1C. The molecule has 10 rings (SSSR count). The molecule has 0 saturated carbocycles. The highest BCUT2D eigenvalue weighted by Crippen LogP contribution is 2.48. The van der Waals surface area contributed by atoms with Gasteiger partial charge in [-0.15, -0.1) is 0 Å². The molecular weight excluding hydrogens is 1400 g/mol. The number of rotatable bonds is 25. The average Bonchev–Trinajstić information content (AvgIpc) is 0.724. The number of nitrogens with zero attached hydrogens (tertiary/aromatic N) is 8. The van der Waals surface area contributed by atoms with Gasteiger partial charge in [0.05, 0.1) is 45.1 Å². The van der Waals surface area contributed by atoms with Gasteiger partial charge in [0.25, 0.3) is 20.2 Å². The number of carbonyl (C=O) groups excluding carboxylic acids is 2. The zero-order chi connectivity index (χ0) is 73.8. The summed E-state index contributed by atoms with van der Waals surface area (Å²) < 4.78 is 143. The normalized spacial score (nSPS) is 12.1. The number of carboxylic acids is 1. The number of carbonyl (C=O) groups is 3. The lowest BCUT2D eigenvalue weighted by molar-refractivity contribution is -0.136. The Hall–Kier alpha value is -11.5. The van der Waals surface area contributed by atoms with E-state index in [1.807, 2.05) is 0 Å². The van der Waals surface area contributed by atoms with Gasteiger partial charge in [0, 0.05) is 70.9 Å². The van der Waals surface area contributed by atoms with E-state index >= 15 is 8.42 Å². The fourth-order valence-corrected chi connectivity index (χ4v) is 14.2. The molecule has 0 unspecified atom stereocenters. The first-order valence-electron chi connectivity index (χ1n) is 30.5. The summed E-state index contributed by atoms with van der Waals surface area (Å²) >= 11 is 0. The summed E-state index contributed by atoms with van der Waals surface area (Å²) in [5.74, 6) is -3.33. The predicted octanol–water partition coefficient (Wildman–Crippen LogP) is 8.27. The topological polar surface area (TPSA) is 515 Å². The number of para-hydroxylation sites is 1. The Kier molecular flexibility index (Phi) is 21.3. The van der Waals surface area contributed by atoms with E-state index in [0.717, 1.165) is 35.5 Å². The highest BCUT2D eigenvalue weighted by atomic mass is 32.2. The number of hydrogen-bond donors (Lipinski definition) is 14. The molecule has 2 aliphatic rings. The van der Waals surface area contributed by atoms with Gasteiger partial charge in [-0.3, -0.25) is 18.8 Å². The van der Waals surface area contributed by atoms with Crippen LogP contribution < -0.4 is 68.4 Å². The standard InChI is InChI=1S/C64H67N19O15S4/c1-33-24-35(3)56(77-63(86)73-39-14-9-8-10-15-39)37(5)54(33)75-45-29-48-43(27-47(45)83(32-99(88,89)67-7)62-71-31-70-58(65)81-62)53(42-18-11-12-19-50(42)102(95,96)97)44-28-51(100(90,91)72-23-22-69-61-80-59(66)79-60(82-61)68-21-20-52(84)85)46(30-49(44)98-48)76-55-34(2)25-36(4)57(38(55)6)78-64(87)74-40-16-13-17-41(26-40)101(92,93)94/h8-19,24-31,67,72,75H,20-23,32H2,1-7H3,(H,84,85)(H2,73,77,86)(H2,74,78,87)(H,92,93,94)(H,95,96,97)(H2,65,70,71,81)(H4,66,68,69,79,80,82)/b76-46-. The van der Waals surface area contributed by atoms with E-state index < -0.39 is 85.4 Å².